The standard InChI is InChI=1S/C17H18N4O2/c1-11(2)22-16-6-4-5-14(19-16)17-20-15(21-23-17)9-13-8-7-12(3)18-10-13/h4-8,10-11H,9H2,1-3H3. The molecule has 0 spiro atoms. The van der Waals surface area contributed by atoms with Gasteiger partial charge in [0.05, 0.1) is 6.10 Å². The third-order valence-electron chi connectivity index (χ3n) is 3.10. The van der Waals surface area contributed by atoms with Crippen molar-refractivity contribution < 1.29 is 9.26 Å². The summed E-state index contributed by atoms with van der Waals surface area (Å²) in [5.74, 6) is 1.52. The maximum atomic E-state index is 5.58. The number of pyridine rings is 2. The summed E-state index contributed by atoms with van der Waals surface area (Å²) in [6.45, 7) is 5.86. The van der Waals surface area contributed by atoms with E-state index in [1.54, 1.807) is 6.07 Å². The SMILES string of the molecule is Cc1ccc(Cc2noc(-c3cccc(OC(C)C)n3)n2)cn1. The molecule has 3 heterocycles. The van der Waals surface area contributed by atoms with E-state index in [-0.39, 0.29) is 6.10 Å². The highest BCUT2D eigenvalue weighted by Gasteiger charge is 2.12. The molecule has 0 fully saturated rings. The highest BCUT2D eigenvalue weighted by Crippen LogP contribution is 2.19. The van der Waals surface area contributed by atoms with Crippen LogP contribution in [0.2, 0.25) is 0 Å². The topological polar surface area (TPSA) is 73.9 Å². The van der Waals surface area contributed by atoms with Gasteiger partial charge in [-0.3, -0.25) is 4.98 Å². The van der Waals surface area contributed by atoms with Crippen molar-refractivity contribution in [3.63, 3.8) is 0 Å². The normalized spacial score (nSPS) is 11.0. The number of nitrogens with zero attached hydrogens (tertiary/aromatic N) is 4. The van der Waals surface area contributed by atoms with Crippen molar-refractivity contribution in [3.8, 4) is 17.5 Å². The Bertz CT molecular complexity index is 781. The van der Waals surface area contributed by atoms with Gasteiger partial charge in [-0.25, -0.2) is 4.98 Å². The summed E-state index contributed by atoms with van der Waals surface area (Å²) < 4.78 is 10.9. The zero-order chi connectivity index (χ0) is 16.2. The number of hydrogen-bond donors (Lipinski definition) is 0. The Hall–Kier alpha value is -2.76. The van der Waals surface area contributed by atoms with Gasteiger partial charge >= 0.3 is 0 Å². The van der Waals surface area contributed by atoms with Gasteiger partial charge in [-0.15, -0.1) is 0 Å². The van der Waals surface area contributed by atoms with Crippen LogP contribution >= 0.6 is 0 Å². The Morgan fingerprint density at radius 2 is 2.00 bits per heavy atom. The molecular weight excluding hydrogens is 292 g/mol. The maximum Gasteiger partial charge on any atom is 0.276 e. The van der Waals surface area contributed by atoms with E-state index in [1.165, 1.54) is 0 Å². The molecule has 0 aliphatic heterocycles. The molecule has 118 valence electrons. The fraction of sp³-hybridized carbons (Fsp3) is 0.294. The van der Waals surface area contributed by atoms with E-state index in [9.17, 15) is 0 Å². The van der Waals surface area contributed by atoms with Gasteiger partial charge in [-0.2, -0.15) is 4.98 Å². The van der Waals surface area contributed by atoms with Gasteiger partial charge in [0, 0.05) is 24.4 Å². The third-order valence-corrected chi connectivity index (χ3v) is 3.10. The van der Waals surface area contributed by atoms with Crippen LogP contribution in [0.5, 0.6) is 5.88 Å². The Kier molecular flexibility index (Phi) is 4.32. The largest absolute Gasteiger partial charge is 0.475 e. The summed E-state index contributed by atoms with van der Waals surface area (Å²) in [7, 11) is 0. The molecule has 0 amide bonds. The molecule has 0 saturated heterocycles. The van der Waals surface area contributed by atoms with Gasteiger partial charge in [0.25, 0.3) is 5.89 Å². The molecule has 0 atom stereocenters. The van der Waals surface area contributed by atoms with Crippen LogP contribution in [0, 0.1) is 6.92 Å². The Balaban J connectivity index is 1.77. The fourth-order valence-corrected chi connectivity index (χ4v) is 2.06. The molecule has 3 aromatic rings. The summed E-state index contributed by atoms with van der Waals surface area (Å²) in [5, 5.41) is 4.01. The van der Waals surface area contributed by atoms with E-state index < -0.39 is 0 Å². The van der Waals surface area contributed by atoms with E-state index >= 15 is 0 Å². The van der Waals surface area contributed by atoms with Crippen LogP contribution in [0.15, 0.2) is 41.1 Å². The number of hydrogen-bond acceptors (Lipinski definition) is 6. The molecule has 3 aromatic heterocycles. The minimum Gasteiger partial charge on any atom is -0.475 e. The molecule has 0 radical (unpaired) electrons. The Labute approximate surface area is 134 Å². The van der Waals surface area contributed by atoms with Crippen molar-refractivity contribution in [2.45, 2.75) is 33.3 Å². The first-order valence-corrected chi connectivity index (χ1v) is 7.48. The fourth-order valence-electron chi connectivity index (χ4n) is 2.06. The van der Waals surface area contributed by atoms with Crippen molar-refractivity contribution in [1.29, 1.82) is 0 Å². The van der Waals surface area contributed by atoms with Crippen molar-refractivity contribution >= 4 is 0 Å². The van der Waals surface area contributed by atoms with Crippen LogP contribution in [0.1, 0.15) is 30.9 Å². The van der Waals surface area contributed by atoms with Gasteiger partial charge in [-0.1, -0.05) is 17.3 Å². The van der Waals surface area contributed by atoms with E-state index in [0.29, 0.717) is 29.7 Å². The minimum atomic E-state index is 0.0602. The van der Waals surface area contributed by atoms with E-state index in [0.717, 1.165) is 11.3 Å². The van der Waals surface area contributed by atoms with Crippen molar-refractivity contribution in [3.05, 3.63) is 53.6 Å². The smallest absolute Gasteiger partial charge is 0.276 e. The lowest BCUT2D eigenvalue weighted by atomic mass is 10.2. The average molecular weight is 310 g/mol. The van der Waals surface area contributed by atoms with Crippen LogP contribution in [-0.2, 0) is 6.42 Å². The minimum absolute atomic E-state index is 0.0602. The molecule has 0 aliphatic carbocycles. The maximum absolute atomic E-state index is 5.58. The molecule has 23 heavy (non-hydrogen) atoms. The molecular formula is C17H18N4O2. The predicted molar refractivity (Wildman–Crippen MR) is 85.1 cm³/mol. The van der Waals surface area contributed by atoms with Gasteiger partial charge in [0.1, 0.15) is 5.69 Å². The van der Waals surface area contributed by atoms with Gasteiger partial charge in [-0.05, 0) is 38.5 Å². The lowest BCUT2D eigenvalue weighted by Crippen LogP contribution is -2.06. The molecule has 0 saturated carbocycles. The summed E-state index contributed by atoms with van der Waals surface area (Å²) >= 11 is 0. The quantitative estimate of drug-likeness (QED) is 0.720. The van der Waals surface area contributed by atoms with Gasteiger partial charge < -0.3 is 9.26 Å². The summed E-state index contributed by atoms with van der Waals surface area (Å²) in [6, 6.07) is 9.45. The second-order valence-electron chi connectivity index (χ2n) is 5.53. The highest BCUT2D eigenvalue weighted by atomic mass is 16.5. The van der Waals surface area contributed by atoms with E-state index in [1.807, 2.05) is 51.2 Å². The highest BCUT2D eigenvalue weighted by molar-refractivity contribution is 5.47. The van der Waals surface area contributed by atoms with Crippen LogP contribution in [-0.4, -0.2) is 26.2 Å². The molecule has 6 nitrogen and oxygen atoms in total. The Morgan fingerprint density at radius 3 is 2.74 bits per heavy atom. The van der Waals surface area contributed by atoms with Crippen molar-refractivity contribution in [1.82, 2.24) is 20.1 Å². The summed E-state index contributed by atoms with van der Waals surface area (Å²) in [5.41, 5.74) is 2.62. The molecule has 0 aromatic carbocycles. The molecule has 3 rings (SSSR count). The average Bonchev–Trinajstić information content (AvgIpc) is 2.98. The first-order valence-electron chi connectivity index (χ1n) is 7.48. The number of rotatable bonds is 5. The van der Waals surface area contributed by atoms with Crippen molar-refractivity contribution in [2.75, 3.05) is 0 Å². The zero-order valence-corrected chi connectivity index (χ0v) is 13.4. The lowest BCUT2D eigenvalue weighted by Gasteiger charge is -2.08. The predicted octanol–water partition coefficient (Wildman–Crippen LogP) is 3.21. The van der Waals surface area contributed by atoms with Crippen LogP contribution < -0.4 is 4.74 Å². The van der Waals surface area contributed by atoms with Crippen LogP contribution in [0.25, 0.3) is 11.6 Å². The van der Waals surface area contributed by atoms with Crippen LogP contribution in [0.4, 0.5) is 0 Å². The number of aromatic nitrogens is 4. The summed E-state index contributed by atoms with van der Waals surface area (Å²) in [4.78, 5) is 13.0. The van der Waals surface area contributed by atoms with Crippen LogP contribution in [0.3, 0.4) is 0 Å². The van der Waals surface area contributed by atoms with Crippen molar-refractivity contribution in [2.24, 2.45) is 0 Å². The van der Waals surface area contributed by atoms with Gasteiger partial charge in [0.2, 0.25) is 5.88 Å². The second-order valence-corrected chi connectivity index (χ2v) is 5.53. The van der Waals surface area contributed by atoms with Gasteiger partial charge in [0.15, 0.2) is 5.82 Å². The van der Waals surface area contributed by atoms with E-state index in [4.69, 9.17) is 9.26 Å². The first-order chi connectivity index (χ1) is 11.1. The number of ether oxygens (including phenoxy) is 1. The third kappa shape index (κ3) is 3.91. The zero-order valence-electron chi connectivity index (χ0n) is 13.4. The van der Waals surface area contributed by atoms with E-state index in [2.05, 4.69) is 20.1 Å². The Morgan fingerprint density at radius 1 is 1.13 bits per heavy atom. The molecule has 0 bridgehead atoms. The first kappa shape index (κ1) is 15.1. The molecule has 0 unspecified atom stereocenters. The summed E-state index contributed by atoms with van der Waals surface area (Å²) in [6.07, 6.45) is 2.45. The molecule has 0 N–H and O–H groups in total. The second kappa shape index (κ2) is 6.56. The molecule has 6 heteroatoms. The lowest BCUT2D eigenvalue weighted by molar-refractivity contribution is 0.232. The number of aryl methyl sites for hydroxylation is 1. The monoisotopic (exact) mass is 310 g/mol. The molecule has 0 aliphatic rings.